The van der Waals surface area contributed by atoms with Gasteiger partial charge in [0, 0.05) is 43.6 Å². The van der Waals surface area contributed by atoms with Crippen molar-refractivity contribution in [1.29, 1.82) is 0 Å². The molecule has 8 aliphatic rings. The van der Waals surface area contributed by atoms with Crippen LogP contribution >= 0.6 is 0 Å². The van der Waals surface area contributed by atoms with Gasteiger partial charge in [0.15, 0.2) is 0 Å². The smallest absolute Gasteiger partial charge is 0.309 e. The number of carboxylic acids is 1. The molecule has 0 bridgehead atoms. The lowest BCUT2D eigenvalue weighted by Crippen LogP contribution is -2.69. The van der Waals surface area contributed by atoms with E-state index in [0.717, 1.165) is 96.9 Å². The van der Waals surface area contributed by atoms with Gasteiger partial charge in [-0.15, -0.1) is 0 Å². The van der Waals surface area contributed by atoms with Gasteiger partial charge in [-0.25, -0.2) is 0 Å². The lowest BCUT2D eigenvalue weighted by atomic mass is 9.32. The number of nitrogens with one attached hydrogen (secondary N) is 1. The van der Waals surface area contributed by atoms with E-state index in [4.69, 9.17) is 4.74 Å². The van der Waals surface area contributed by atoms with Gasteiger partial charge in [0.1, 0.15) is 6.10 Å². The number of rotatable bonds is 8. The first-order valence-electron chi connectivity index (χ1n) is 24.3. The summed E-state index contributed by atoms with van der Waals surface area (Å²) in [5, 5.41) is 13.4. The lowest BCUT2D eigenvalue weighted by molar-refractivity contribution is -0.251. The van der Waals surface area contributed by atoms with E-state index in [1.807, 2.05) is 13.8 Å². The van der Waals surface area contributed by atoms with Crippen LogP contribution in [0, 0.1) is 85.2 Å². The van der Waals surface area contributed by atoms with E-state index in [0.29, 0.717) is 30.1 Å². The SMILES string of the molecule is C=C(C)[C@@H]1CC[C@]2(C(=O)N[C@H]3C[C@@H](C(=O)N4CCN(CC)CC4)C3(C)C)CC[C@]3(C)[C@H](CC[C@@H]4[C@@]5(C)CC[C@H](OC(=O)[C@H]6C[C@@H](C(=O)O)C6(C)C)C(C)(C)[C@@H]5CC[C@]43C)[C@@H]12. The number of hydrogen-bond donors (Lipinski definition) is 2. The number of esters is 1. The van der Waals surface area contributed by atoms with Crippen molar-refractivity contribution >= 4 is 23.8 Å². The summed E-state index contributed by atoms with van der Waals surface area (Å²) in [5.41, 5.74) is 0.0924. The average molecular weight is 832 g/mol. The molecule has 9 heteroatoms. The van der Waals surface area contributed by atoms with Crippen molar-refractivity contribution < 1.29 is 29.0 Å². The summed E-state index contributed by atoms with van der Waals surface area (Å²) in [7, 11) is 0. The second kappa shape index (κ2) is 14.6. The van der Waals surface area contributed by atoms with Crippen LogP contribution in [0.3, 0.4) is 0 Å². The Morgan fingerprint density at radius 3 is 2.00 bits per heavy atom. The monoisotopic (exact) mass is 832 g/mol. The number of hydrogen-bond acceptors (Lipinski definition) is 6. The van der Waals surface area contributed by atoms with Crippen molar-refractivity contribution in [3.05, 3.63) is 12.2 Å². The van der Waals surface area contributed by atoms with Gasteiger partial charge in [-0.1, -0.05) is 81.4 Å². The third-order valence-electron chi connectivity index (χ3n) is 21.6. The van der Waals surface area contributed by atoms with E-state index in [-0.39, 0.29) is 74.8 Å². The number of carbonyl (C=O) groups is 4. The Balaban J connectivity index is 0.986. The van der Waals surface area contributed by atoms with E-state index in [1.54, 1.807) is 0 Å². The van der Waals surface area contributed by atoms with Gasteiger partial charge in [0.05, 0.1) is 17.3 Å². The minimum absolute atomic E-state index is 0.00574. The van der Waals surface area contributed by atoms with Crippen LogP contribution in [0.15, 0.2) is 12.2 Å². The van der Waals surface area contributed by atoms with Crippen LogP contribution in [0.5, 0.6) is 0 Å². The molecule has 0 aromatic heterocycles. The first-order chi connectivity index (χ1) is 27.9. The maximum atomic E-state index is 15.1. The predicted molar refractivity (Wildman–Crippen MR) is 234 cm³/mol. The summed E-state index contributed by atoms with van der Waals surface area (Å²) in [6.07, 6.45) is 11.3. The zero-order valence-corrected chi connectivity index (χ0v) is 39.4. The maximum Gasteiger partial charge on any atom is 0.309 e. The molecule has 60 heavy (non-hydrogen) atoms. The molecule has 0 radical (unpaired) electrons. The number of piperazine rings is 1. The first-order valence-corrected chi connectivity index (χ1v) is 24.3. The van der Waals surface area contributed by atoms with E-state index in [2.05, 4.69) is 84.0 Å². The number of allylic oxidation sites excluding steroid dienone is 1. The number of carbonyl (C=O) groups excluding carboxylic acids is 3. The molecular weight excluding hydrogens is 751 g/mol. The molecule has 2 N–H and O–H groups in total. The molecule has 14 atom stereocenters. The van der Waals surface area contributed by atoms with Gasteiger partial charge in [0.25, 0.3) is 0 Å². The minimum atomic E-state index is -0.821. The summed E-state index contributed by atoms with van der Waals surface area (Å²) in [6, 6.07) is 0.00574. The summed E-state index contributed by atoms with van der Waals surface area (Å²) < 4.78 is 6.46. The molecule has 8 rings (SSSR count). The number of nitrogens with zero attached hydrogens (tertiary/aromatic N) is 2. The Bertz CT molecular complexity index is 1780. The molecule has 1 heterocycles. The molecule has 7 saturated carbocycles. The van der Waals surface area contributed by atoms with Crippen molar-refractivity contribution in [2.24, 2.45) is 85.2 Å². The predicted octanol–water partition coefficient (Wildman–Crippen LogP) is 9.00. The largest absolute Gasteiger partial charge is 0.481 e. The molecular formula is C51H81N3O6. The third-order valence-corrected chi connectivity index (χ3v) is 21.6. The zero-order chi connectivity index (χ0) is 43.7. The Labute approximate surface area is 362 Å². The fourth-order valence-corrected chi connectivity index (χ4v) is 17.1. The van der Waals surface area contributed by atoms with Crippen LogP contribution in [0.25, 0.3) is 0 Å². The van der Waals surface area contributed by atoms with E-state index >= 15 is 4.79 Å². The van der Waals surface area contributed by atoms with Crippen LogP contribution in [-0.2, 0) is 23.9 Å². The fraction of sp³-hybridized carbons (Fsp3) is 0.882. The zero-order valence-electron chi connectivity index (χ0n) is 39.4. The quantitative estimate of drug-likeness (QED) is 0.185. The normalized spacial score (nSPS) is 46.2. The van der Waals surface area contributed by atoms with Crippen molar-refractivity contribution in [2.45, 2.75) is 165 Å². The Morgan fingerprint density at radius 1 is 0.717 bits per heavy atom. The van der Waals surface area contributed by atoms with Gasteiger partial charge < -0.3 is 25.0 Å². The molecule has 1 saturated heterocycles. The Morgan fingerprint density at radius 2 is 1.40 bits per heavy atom. The van der Waals surface area contributed by atoms with Crippen molar-refractivity contribution in [3.63, 3.8) is 0 Å². The topological polar surface area (TPSA) is 116 Å². The number of fused-ring (bicyclic) bond motifs is 7. The van der Waals surface area contributed by atoms with Crippen molar-refractivity contribution in [3.8, 4) is 0 Å². The molecule has 7 aliphatic carbocycles. The number of aliphatic carboxylic acids is 1. The number of carboxylic acid groups (broad SMARTS) is 1. The number of ether oxygens (including phenoxy) is 1. The second-order valence-corrected chi connectivity index (χ2v) is 24.5. The summed E-state index contributed by atoms with van der Waals surface area (Å²) in [5.74, 6) is 0.592. The summed E-state index contributed by atoms with van der Waals surface area (Å²) in [4.78, 5) is 58.9. The van der Waals surface area contributed by atoms with E-state index < -0.39 is 22.7 Å². The first kappa shape index (κ1) is 44.2. The van der Waals surface area contributed by atoms with E-state index in [9.17, 15) is 19.5 Å². The van der Waals surface area contributed by atoms with Crippen molar-refractivity contribution in [1.82, 2.24) is 15.1 Å². The second-order valence-electron chi connectivity index (χ2n) is 24.5. The summed E-state index contributed by atoms with van der Waals surface area (Å²) >= 11 is 0. The minimum Gasteiger partial charge on any atom is -0.481 e. The highest BCUT2D eigenvalue weighted by Gasteiger charge is 2.72. The van der Waals surface area contributed by atoms with Crippen LogP contribution in [-0.4, -0.2) is 83.5 Å². The molecule has 0 aromatic rings. The van der Waals surface area contributed by atoms with E-state index in [1.165, 1.54) is 12.0 Å². The van der Waals surface area contributed by atoms with Crippen molar-refractivity contribution in [2.75, 3.05) is 32.7 Å². The molecule has 0 spiro atoms. The van der Waals surface area contributed by atoms with Gasteiger partial charge >= 0.3 is 11.9 Å². The maximum absolute atomic E-state index is 15.1. The molecule has 2 amide bonds. The Kier molecular flexibility index (Phi) is 10.7. The Hall–Kier alpha value is -2.42. The molecule has 1 aliphatic heterocycles. The molecule has 8 fully saturated rings. The fourth-order valence-electron chi connectivity index (χ4n) is 17.1. The molecule has 336 valence electrons. The van der Waals surface area contributed by atoms with Gasteiger partial charge in [-0.3, -0.25) is 19.2 Å². The van der Waals surface area contributed by atoms with Crippen LogP contribution in [0.2, 0.25) is 0 Å². The van der Waals surface area contributed by atoms with Crippen LogP contribution in [0.1, 0.15) is 153 Å². The highest BCUT2D eigenvalue weighted by molar-refractivity contribution is 5.86. The third kappa shape index (κ3) is 6.11. The lowest BCUT2D eigenvalue weighted by Gasteiger charge is -2.73. The standard InChI is InChI=1S/C51H81N3O6/c1-13-53-24-26-54(27-25-53)41(55)33-29-38(46(33,6)7)52-44(59)51-21-16-31(30(2)3)40(51)32-14-15-37-48(10)19-18-39(60-43(58)35-28-34(42(56)57)45(35,4)5)47(8,9)36(48)17-20-50(37,12)49(32,11)22-23-51/h31-40H,2,13-29H2,1,3-12H3,(H,52,59)(H,56,57)/t31-,32+,33-,34-,35+,36-,37+,38-,39-,40+,48-,49+,50+,51-/m0/s1. The molecule has 9 nitrogen and oxygen atoms in total. The highest BCUT2D eigenvalue weighted by Crippen LogP contribution is 2.78. The molecule has 0 aromatic carbocycles. The van der Waals surface area contributed by atoms with Crippen LogP contribution < -0.4 is 5.32 Å². The average Bonchev–Trinajstić information content (AvgIpc) is 3.58. The van der Waals surface area contributed by atoms with Crippen LogP contribution in [0.4, 0.5) is 0 Å². The summed E-state index contributed by atoms with van der Waals surface area (Å²) in [6.45, 7) is 34.2. The van der Waals surface area contributed by atoms with Gasteiger partial charge in [-0.05, 0) is 147 Å². The highest BCUT2D eigenvalue weighted by atomic mass is 16.5. The molecule has 0 unspecified atom stereocenters. The number of amides is 2. The van der Waals surface area contributed by atoms with Gasteiger partial charge in [-0.2, -0.15) is 0 Å². The number of likely N-dealkylation sites (N-methyl/N-ethyl adjacent to an activating group) is 1. The van der Waals surface area contributed by atoms with Gasteiger partial charge in [0.2, 0.25) is 11.8 Å².